The van der Waals surface area contributed by atoms with Crippen molar-refractivity contribution < 1.29 is 13.3 Å². The van der Waals surface area contributed by atoms with E-state index in [1.807, 2.05) is 0 Å². The first-order chi connectivity index (χ1) is 11.5. The van der Waals surface area contributed by atoms with Gasteiger partial charge in [0.1, 0.15) is 12.0 Å². The minimum absolute atomic E-state index is 0.0237. The monoisotopic (exact) mass is 447 g/mol. The van der Waals surface area contributed by atoms with Gasteiger partial charge in [0.2, 0.25) is 0 Å². The molecule has 0 atom stereocenters. The molecule has 0 radical (unpaired) electrons. The van der Waals surface area contributed by atoms with Crippen molar-refractivity contribution in [3.05, 3.63) is 56.1 Å². The topological polar surface area (TPSA) is 102 Å². The maximum atomic E-state index is 12.8. The number of halogens is 2. The molecule has 0 unspecified atom stereocenters. The Morgan fingerprint density at radius 1 is 1.32 bits per heavy atom. The average molecular weight is 449 g/mol. The number of hydrogen-bond donors (Lipinski definition) is 1. The maximum Gasteiger partial charge on any atom is 0.289 e. The molecular weight excluding hydrogens is 434 g/mol. The molecule has 0 spiro atoms. The summed E-state index contributed by atoms with van der Waals surface area (Å²) in [5.74, 6) is 0.186. The third-order valence-corrected chi connectivity index (χ3v) is 6.88. The molecule has 10 heteroatoms. The van der Waals surface area contributed by atoms with Crippen LogP contribution >= 0.6 is 27.5 Å². The van der Waals surface area contributed by atoms with Crippen molar-refractivity contribution >= 4 is 48.9 Å². The first-order valence-corrected chi connectivity index (χ1v) is 9.74. The number of sulfone groups is 1. The third-order valence-electron chi connectivity index (χ3n) is 3.57. The van der Waals surface area contributed by atoms with E-state index in [2.05, 4.69) is 26.2 Å². The van der Waals surface area contributed by atoms with Crippen LogP contribution in [0.4, 0.5) is 11.5 Å². The highest BCUT2D eigenvalue weighted by molar-refractivity contribution is 9.10. The van der Waals surface area contributed by atoms with Gasteiger partial charge >= 0.3 is 0 Å². The predicted molar refractivity (Wildman–Crippen MR) is 99.8 cm³/mol. The lowest BCUT2D eigenvalue weighted by molar-refractivity contribution is -0.385. The van der Waals surface area contributed by atoms with Crippen LogP contribution in [0.15, 0.2) is 45.9 Å². The number of benzene rings is 1. The van der Waals surface area contributed by atoms with E-state index in [0.29, 0.717) is 0 Å². The molecule has 0 amide bonds. The van der Waals surface area contributed by atoms with Crippen LogP contribution in [0.25, 0.3) is 0 Å². The van der Waals surface area contributed by atoms with Gasteiger partial charge < -0.3 is 5.32 Å². The van der Waals surface area contributed by atoms with Crippen LogP contribution in [0.3, 0.4) is 0 Å². The second kappa shape index (κ2) is 7.27. The Morgan fingerprint density at radius 2 is 1.92 bits per heavy atom. The largest absolute Gasteiger partial charge is 0.367 e. The first kappa shape index (κ1) is 19.6. The van der Waals surface area contributed by atoms with Crippen molar-refractivity contribution in [2.45, 2.75) is 23.5 Å². The molecule has 0 saturated heterocycles. The number of nitrogens with one attached hydrogen (secondary N) is 1. The SMILES string of the molecule is CC(C)(CNc1ncc([N+](=O)[O-])cc1Cl)S(=O)(=O)c1ccc(Br)cc1. The molecule has 2 rings (SSSR count). The van der Waals surface area contributed by atoms with Crippen molar-refractivity contribution in [1.82, 2.24) is 4.98 Å². The zero-order valence-electron chi connectivity index (χ0n) is 13.4. The van der Waals surface area contributed by atoms with Crippen molar-refractivity contribution in [3.63, 3.8) is 0 Å². The molecule has 0 fully saturated rings. The summed E-state index contributed by atoms with van der Waals surface area (Å²) in [6, 6.07) is 7.53. The fraction of sp³-hybridized carbons (Fsp3) is 0.267. The molecule has 134 valence electrons. The van der Waals surface area contributed by atoms with Crippen molar-refractivity contribution in [2.75, 3.05) is 11.9 Å². The summed E-state index contributed by atoms with van der Waals surface area (Å²) in [5.41, 5.74) is -0.239. The smallest absolute Gasteiger partial charge is 0.289 e. The molecule has 1 aromatic carbocycles. The van der Waals surface area contributed by atoms with Crippen molar-refractivity contribution in [1.29, 1.82) is 0 Å². The summed E-state index contributed by atoms with van der Waals surface area (Å²) in [5, 5.41) is 13.6. The summed E-state index contributed by atoms with van der Waals surface area (Å²) in [7, 11) is -3.62. The van der Waals surface area contributed by atoms with Gasteiger partial charge in [-0.1, -0.05) is 27.5 Å². The van der Waals surface area contributed by atoms with E-state index in [1.54, 1.807) is 26.0 Å². The lowest BCUT2D eigenvalue weighted by Crippen LogP contribution is -2.39. The minimum Gasteiger partial charge on any atom is -0.367 e. The zero-order valence-corrected chi connectivity index (χ0v) is 16.5. The highest BCUT2D eigenvalue weighted by Gasteiger charge is 2.35. The number of aromatic nitrogens is 1. The summed E-state index contributed by atoms with van der Waals surface area (Å²) < 4.78 is 25.3. The Morgan fingerprint density at radius 3 is 2.44 bits per heavy atom. The molecule has 7 nitrogen and oxygen atoms in total. The number of hydrogen-bond acceptors (Lipinski definition) is 6. The lowest BCUT2D eigenvalue weighted by atomic mass is 10.2. The van der Waals surface area contributed by atoms with E-state index >= 15 is 0 Å². The van der Waals surface area contributed by atoms with Gasteiger partial charge in [-0.25, -0.2) is 13.4 Å². The number of nitrogens with zero attached hydrogens (tertiary/aromatic N) is 2. The maximum absolute atomic E-state index is 12.8. The van der Waals surface area contributed by atoms with Crippen LogP contribution in [0, 0.1) is 10.1 Å². The standard InChI is InChI=1S/C15H15BrClN3O4S/c1-15(2,25(23,24)12-5-3-10(16)4-6-12)9-19-14-13(17)7-11(8-18-14)20(21)22/h3-8H,9H2,1-2H3,(H,18,19). The Bertz CT molecular complexity index is 901. The van der Waals surface area contributed by atoms with Crippen molar-refractivity contribution in [3.8, 4) is 0 Å². The molecule has 1 aromatic heterocycles. The normalized spacial score (nSPS) is 12.0. The summed E-state index contributed by atoms with van der Waals surface area (Å²) in [4.78, 5) is 14.2. The van der Waals surface area contributed by atoms with Gasteiger partial charge in [0.15, 0.2) is 9.84 Å². The number of pyridine rings is 1. The summed E-state index contributed by atoms with van der Waals surface area (Å²) >= 11 is 9.24. The Balaban J connectivity index is 2.21. The van der Waals surface area contributed by atoms with E-state index in [4.69, 9.17) is 11.6 Å². The van der Waals surface area contributed by atoms with Crippen LogP contribution in [-0.2, 0) is 9.84 Å². The molecule has 1 N–H and O–H groups in total. The van der Waals surface area contributed by atoms with E-state index in [9.17, 15) is 18.5 Å². The van der Waals surface area contributed by atoms with Gasteiger partial charge in [-0.05, 0) is 38.1 Å². The molecule has 0 aliphatic carbocycles. The average Bonchev–Trinajstić information content (AvgIpc) is 2.53. The van der Waals surface area contributed by atoms with Gasteiger partial charge in [-0.2, -0.15) is 0 Å². The first-order valence-electron chi connectivity index (χ1n) is 7.08. The van der Waals surface area contributed by atoms with Crippen LogP contribution < -0.4 is 5.32 Å². The van der Waals surface area contributed by atoms with Gasteiger partial charge in [0.25, 0.3) is 5.69 Å². The van der Waals surface area contributed by atoms with E-state index in [0.717, 1.165) is 16.7 Å². The lowest BCUT2D eigenvalue weighted by Gasteiger charge is -2.25. The Hall–Kier alpha value is -1.71. The third kappa shape index (κ3) is 4.28. The molecular formula is C15H15BrClN3O4S. The molecule has 0 bridgehead atoms. The summed E-state index contributed by atoms with van der Waals surface area (Å²) in [6.07, 6.45) is 1.06. The van der Waals surface area contributed by atoms with E-state index < -0.39 is 19.5 Å². The Labute approximate surface area is 158 Å². The van der Waals surface area contributed by atoms with Crippen LogP contribution in [0.5, 0.6) is 0 Å². The molecule has 25 heavy (non-hydrogen) atoms. The fourth-order valence-corrected chi connectivity index (χ4v) is 3.87. The number of rotatable bonds is 6. The molecule has 1 heterocycles. The second-order valence-electron chi connectivity index (χ2n) is 5.85. The molecule has 2 aromatic rings. The highest BCUT2D eigenvalue weighted by atomic mass is 79.9. The van der Waals surface area contributed by atoms with Gasteiger partial charge in [-0.15, -0.1) is 0 Å². The molecule has 0 aliphatic heterocycles. The zero-order chi connectivity index (χ0) is 18.8. The molecule has 0 saturated carbocycles. The van der Waals surface area contributed by atoms with Gasteiger partial charge in [-0.3, -0.25) is 10.1 Å². The number of nitro groups is 1. The highest BCUT2D eigenvalue weighted by Crippen LogP contribution is 2.29. The predicted octanol–water partition coefficient (Wildman–Crippen LogP) is 4.07. The molecule has 0 aliphatic rings. The van der Waals surface area contributed by atoms with E-state index in [-0.39, 0.29) is 28.0 Å². The Kier molecular flexibility index (Phi) is 5.70. The van der Waals surface area contributed by atoms with Crippen LogP contribution in [-0.4, -0.2) is 29.6 Å². The quantitative estimate of drug-likeness (QED) is 0.528. The van der Waals surface area contributed by atoms with Gasteiger partial charge in [0, 0.05) is 17.1 Å². The fourth-order valence-electron chi connectivity index (χ4n) is 1.98. The van der Waals surface area contributed by atoms with Crippen LogP contribution in [0.1, 0.15) is 13.8 Å². The van der Waals surface area contributed by atoms with E-state index in [1.165, 1.54) is 12.1 Å². The van der Waals surface area contributed by atoms with Gasteiger partial charge in [0.05, 0.1) is 19.6 Å². The second-order valence-corrected chi connectivity index (χ2v) is 9.76. The number of anilines is 1. The van der Waals surface area contributed by atoms with Crippen molar-refractivity contribution in [2.24, 2.45) is 0 Å². The minimum atomic E-state index is -3.62. The van der Waals surface area contributed by atoms with Crippen LogP contribution in [0.2, 0.25) is 5.02 Å². The summed E-state index contributed by atoms with van der Waals surface area (Å²) in [6.45, 7) is 3.18.